The van der Waals surface area contributed by atoms with Gasteiger partial charge in [0.2, 0.25) is 0 Å². The molecule has 2 N–H and O–H groups in total. The summed E-state index contributed by atoms with van der Waals surface area (Å²) in [4.78, 5) is 14.3. The molecule has 2 atom stereocenters. The largest absolute Gasteiger partial charge is 0.398 e. The number of amides is 1. The number of hydrogen-bond acceptors (Lipinski definition) is 3. The molecule has 1 aliphatic rings. The maximum atomic E-state index is 12.5. The second-order valence-electron chi connectivity index (χ2n) is 5.02. The first-order valence-electron chi connectivity index (χ1n) is 6.40. The molecule has 6 heteroatoms. The third-order valence-electron chi connectivity index (χ3n) is 3.72. The molecule has 4 nitrogen and oxygen atoms in total. The molecule has 1 aromatic rings. The molecular formula is C14H20BrClN2O2. The number of halogens is 2. The molecule has 0 spiro atoms. The van der Waals surface area contributed by atoms with E-state index in [1.54, 1.807) is 19.2 Å². The summed E-state index contributed by atoms with van der Waals surface area (Å²) in [7, 11) is 1.70. The highest BCUT2D eigenvalue weighted by molar-refractivity contribution is 9.10. The van der Waals surface area contributed by atoms with Crippen LogP contribution in [-0.4, -0.2) is 37.1 Å². The number of carbonyl (C=O) groups excluding carboxylic acids is 1. The first kappa shape index (κ1) is 17.3. The van der Waals surface area contributed by atoms with E-state index in [-0.39, 0.29) is 24.4 Å². The number of rotatable bonds is 2. The third kappa shape index (κ3) is 3.65. The fourth-order valence-corrected chi connectivity index (χ4v) is 2.80. The van der Waals surface area contributed by atoms with Gasteiger partial charge < -0.3 is 15.4 Å². The first-order chi connectivity index (χ1) is 9.02. The van der Waals surface area contributed by atoms with Gasteiger partial charge in [-0.15, -0.1) is 12.4 Å². The number of carbonyl (C=O) groups is 1. The standard InChI is InChI=1S/C14H19BrN2O2.ClH/c1-9-5-6-17(8-13(9)19-2)14(18)11-4-3-10(15)7-12(11)16;/h3-4,7,9,13H,5-6,8,16H2,1-2H3;1H. The Hall–Kier alpha value is -0.780. The Morgan fingerprint density at radius 1 is 1.50 bits per heavy atom. The molecule has 20 heavy (non-hydrogen) atoms. The molecule has 0 aromatic heterocycles. The SMILES string of the molecule is COC1CN(C(=O)c2ccc(Br)cc2N)CCC1C.Cl. The van der Waals surface area contributed by atoms with Crippen molar-refractivity contribution in [3.05, 3.63) is 28.2 Å². The van der Waals surface area contributed by atoms with Crippen LogP contribution in [0, 0.1) is 5.92 Å². The number of ether oxygens (including phenoxy) is 1. The zero-order valence-corrected chi connectivity index (χ0v) is 14.0. The van der Waals surface area contributed by atoms with Crippen molar-refractivity contribution < 1.29 is 9.53 Å². The fourth-order valence-electron chi connectivity index (χ4n) is 2.42. The van der Waals surface area contributed by atoms with E-state index in [1.165, 1.54) is 0 Å². The minimum Gasteiger partial charge on any atom is -0.398 e. The van der Waals surface area contributed by atoms with Crippen molar-refractivity contribution in [3.63, 3.8) is 0 Å². The van der Waals surface area contributed by atoms with Gasteiger partial charge in [0, 0.05) is 30.4 Å². The molecule has 0 bridgehead atoms. The summed E-state index contributed by atoms with van der Waals surface area (Å²) in [6.45, 7) is 3.55. The lowest BCUT2D eigenvalue weighted by molar-refractivity contribution is -0.00152. The van der Waals surface area contributed by atoms with Crippen LogP contribution in [0.15, 0.2) is 22.7 Å². The summed E-state index contributed by atoms with van der Waals surface area (Å²) in [5, 5.41) is 0. The molecule has 0 saturated carbocycles. The smallest absolute Gasteiger partial charge is 0.256 e. The summed E-state index contributed by atoms with van der Waals surface area (Å²) in [5.41, 5.74) is 6.98. The normalized spacial score (nSPS) is 22.2. The molecular weight excluding hydrogens is 344 g/mol. The highest BCUT2D eigenvalue weighted by atomic mass is 79.9. The number of nitrogen functional groups attached to an aromatic ring is 1. The van der Waals surface area contributed by atoms with Gasteiger partial charge in [-0.05, 0) is 30.5 Å². The van der Waals surface area contributed by atoms with Crippen LogP contribution < -0.4 is 5.73 Å². The topological polar surface area (TPSA) is 55.6 Å². The van der Waals surface area contributed by atoms with Crippen LogP contribution in [-0.2, 0) is 4.74 Å². The lowest BCUT2D eigenvalue weighted by Gasteiger charge is -2.36. The van der Waals surface area contributed by atoms with Gasteiger partial charge in [-0.25, -0.2) is 0 Å². The fraction of sp³-hybridized carbons (Fsp3) is 0.500. The molecule has 1 heterocycles. The molecule has 2 unspecified atom stereocenters. The minimum absolute atomic E-state index is 0. The Bertz CT molecular complexity index is 484. The van der Waals surface area contributed by atoms with E-state index in [1.807, 2.05) is 11.0 Å². The Morgan fingerprint density at radius 2 is 2.20 bits per heavy atom. The summed E-state index contributed by atoms with van der Waals surface area (Å²) in [6.07, 6.45) is 1.06. The van der Waals surface area contributed by atoms with Gasteiger partial charge in [0.25, 0.3) is 5.91 Å². The van der Waals surface area contributed by atoms with Crippen LogP contribution in [0.5, 0.6) is 0 Å². The second kappa shape index (κ2) is 7.29. The highest BCUT2D eigenvalue weighted by Crippen LogP contribution is 2.24. The van der Waals surface area contributed by atoms with E-state index in [4.69, 9.17) is 10.5 Å². The molecule has 112 valence electrons. The minimum atomic E-state index is -0.0149. The van der Waals surface area contributed by atoms with E-state index in [9.17, 15) is 4.79 Å². The predicted molar refractivity (Wildman–Crippen MR) is 86.3 cm³/mol. The van der Waals surface area contributed by atoms with E-state index < -0.39 is 0 Å². The molecule has 1 fully saturated rings. The highest BCUT2D eigenvalue weighted by Gasteiger charge is 2.29. The number of anilines is 1. The van der Waals surface area contributed by atoms with Gasteiger partial charge in [-0.1, -0.05) is 22.9 Å². The molecule has 1 aromatic carbocycles. The van der Waals surface area contributed by atoms with E-state index >= 15 is 0 Å². The summed E-state index contributed by atoms with van der Waals surface area (Å²) in [5.74, 6) is 0.468. The van der Waals surface area contributed by atoms with Gasteiger partial charge in [0.15, 0.2) is 0 Å². The summed E-state index contributed by atoms with van der Waals surface area (Å²) in [6, 6.07) is 5.36. The zero-order valence-electron chi connectivity index (χ0n) is 11.6. The maximum absolute atomic E-state index is 12.5. The average molecular weight is 364 g/mol. The lowest BCUT2D eigenvalue weighted by Crippen LogP contribution is -2.46. The molecule has 1 amide bonds. The number of piperidine rings is 1. The van der Waals surface area contributed by atoms with Crippen LogP contribution >= 0.6 is 28.3 Å². The van der Waals surface area contributed by atoms with Gasteiger partial charge in [0.05, 0.1) is 11.7 Å². The molecule has 0 radical (unpaired) electrons. The van der Waals surface area contributed by atoms with Gasteiger partial charge in [-0.2, -0.15) is 0 Å². The van der Waals surface area contributed by atoms with E-state index in [2.05, 4.69) is 22.9 Å². The van der Waals surface area contributed by atoms with Gasteiger partial charge in [-0.3, -0.25) is 4.79 Å². The quantitative estimate of drug-likeness (QED) is 0.822. The first-order valence-corrected chi connectivity index (χ1v) is 7.19. The zero-order chi connectivity index (χ0) is 14.0. The molecule has 2 rings (SSSR count). The number of nitrogens with two attached hydrogens (primary N) is 1. The monoisotopic (exact) mass is 362 g/mol. The van der Waals surface area contributed by atoms with Crippen molar-refractivity contribution in [1.29, 1.82) is 0 Å². The van der Waals surface area contributed by atoms with Crippen molar-refractivity contribution >= 4 is 39.9 Å². The number of likely N-dealkylation sites (tertiary alicyclic amines) is 1. The van der Waals surface area contributed by atoms with Crippen molar-refractivity contribution in [2.75, 3.05) is 25.9 Å². The van der Waals surface area contributed by atoms with Crippen LogP contribution in [0.4, 0.5) is 5.69 Å². The molecule has 1 saturated heterocycles. The van der Waals surface area contributed by atoms with Crippen LogP contribution in [0.3, 0.4) is 0 Å². The number of hydrogen-bond donors (Lipinski definition) is 1. The average Bonchev–Trinajstić information content (AvgIpc) is 2.38. The number of benzene rings is 1. The van der Waals surface area contributed by atoms with Crippen LogP contribution in [0.1, 0.15) is 23.7 Å². The van der Waals surface area contributed by atoms with Crippen molar-refractivity contribution in [3.8, 4) is 0 Å². The Morgan fingerprint density at radius 3 is 2.80 bits per heavy atom. The van der Waals surface area contributed by atoms with Crippen molar-refractivity contribution in [2.24, 2.45) is 5.92 Å². The Labute approximate surface area is 134 Å². The van der Waals surface area contributed by atoms with E-state index in [0.29, 0.717) is 23.7 Å². The van der Waals surface area contributed by atoms with Crippen LogP contribution in [0.2, 0.25) is 0 Å². The predicted octanol–water partition coefficient (Wildman–Crippen LogP) is 2.95. The summed E-state index contributed by atoms with van der Waals surface area (Å²) < 4.78 is 6.31. The van der Waals surface area contributed by atoms with Crippen molar-refractivity contribution in [2.45, 2.75) is 19.4 Å². The van der Waals surface area contributed by atoms with E-state index in [0.717, 1.165) is 17.4 Å². The van der Waals surface area contributed by atoms with Crippen molar-refractivity contribution in [1.82, 2.24) is 4.90 Å². The van der Waals surface area contributed by atoms with Gasteiger partial charge in [0.1, 0.15) is 0 Å². The second-order valence-corrected chi connectivity index (χ2v) is 5.94. The third-order valence-corrected chi connectivity index (χ3v) is 4.22. The lowest BCUT2D eigenvalue weighted by atomic mass is 9.95. The molecule has 1 aliphatic heterocycles. The van der Waals surface area contributed by atoms with Crippen LogP contribution in [0.25, 0.3) is 0 Å². The Balaban J connectivity index is 0.00000200. The number of nitrogens with zero attached hydrogens (tertiary/aromatic N) is 1. The Kier molecular flexibility index (Phi) is 6.30. The number of methoxy groups -OCH3 is 1. The molecule has 0 aliphatic carbocycles. The van der Waals surface area contributed by atoms with Gasteiger partial charge >= 0.3 is 0 Å². The maximum Gasteiger partial charge on any atom is 0.256 e. The summed E-state index contributed by atoms with van der Waals surface area (Å²) >= 11 is 3.35.